The Morgan fingerprint density at radius 2 is 1.19 bits per heavy atom. The molecule has 0 aromatic heterocycles. The molecule has 2 aliphatic carbocycles. The van der Waals surface area contributed by atoms with Crippen LogP contribution in [0.5, 0.6) is 0 Å². The Morgan fingerprint density at radius 1 is 0.562 bits per heavy atom. The summed E-state index contributed by atoms with van der Waals surface area (Å²) in [6, 6.07) is 16.3. The summed E-state index contributed by atoms with van der Waals surface area (Å²) < 4.78 is 45.6. The van der Waals surface area contributed by atoms with Crippen molar-refractivity contribution in [3.63, 3.8) is 0 Å². The van der Waals surface area contributed by atoms with Crippen molar-refractivity contribution in [1.29, 1.82) is 0 Å². The lowest BCUT2D eigenvalue weighted by Gasteiger charge is -2.35. The van der Waals surface area contributed by atoms with Crippen LogP contribution in [0.3, 0.4) is 0 Å². The second-order valence-electron chi connectivity index (χ2n) is 14.9. The van der Waals surface area contributed by atoms with Gasteiger partial charge in [0.25, 0.3) is 0 Å². The van der Waals surface area contributed by atoms with Crippen LogP contribution >= 0.6 is 0 Å². The molecule has 48 heavy (non-hydrogen) atoms. The van der Waals surface area contributed by atoms with Gasteiger partial charge in [-0.2, -0.15) is 0 Å². The first-order valence-electron chi connectivity index (χ1n) is 19.5. The number of unbranched alkanes of at least 4 members (excludes halogenated alkanes) is 9. The average Bonchev–Trinajstić information content (AvgIpc) is 3.12. The summed E-state index contributed by atoms with van der Waals surface area (Å²) in [6.45, 7) is 4.51. The molecular formula is C45H59F3. The third-order valence-corrected chi connectivity index (χ3v) is 11.5. The van der Waals surface area contributed by atoms with Gasteiger partial charge in [-0.25, -0.2) is 13.2 Å². The quantitative estimate of drug-likeness (QED) is 0.127. The number of hydrogen-bond acceptors (Lipinski definition) is 0. The van der Waals surface area contributed by atoms with Crippen LogP contribution in [0.4, 0.5) is 13.2 Å². The zero-order chi connectivity index (χ0) is 33.7. The first-order valence-corrected chi connectivity index (χ1v) is 19.5. The van der Waals surface area contributed by atoms with Crippen LogP contribution in [-0.2, 0) is 6.42 Å². The summed E-state index contributed by atoms with van der Waals surface area (Å²) in [4.78, 5) is 0. The van der Waals surface area contributed by atoms with Crippen molar-refractivity contribution < 1.29 is 13.2 Å². The van der Waals surface area contributed by atoms with Gasteiger partial charge in [-0.1, -0.05) is 152 Å². The van der Waals surface area contributed by atoms with Crippen LogP contribution in [0.1, 0.15) is 147 Å². The molecular weight excluding hydrogens is 597 g/mol. The number of rotatable bonds is 17. The average molecular weight is 657 g/mol. The summed E-state index contributed by atoms with van der Waals surface area (Å²) in [5, 5.41) is 0. The molecule has 3 aromatic carbocycles. The van der Waals surface area contributed by atoms with Crippen molar-refractivity contribution in [1.82, 2.24) is 0 Å². The van der Waals surface area contributed by atoms with Crippen molar-refractivity contribution in [2.75, 3.05) is 0 Å². The Hall–Kier alpha value is -2.81. The highest BCUT2D eigenvalue weighted by atomic mass is 19.2. The van der Waals surface area contributed by atoms with E-state index < -0.39 is 11.6 Å². The van der Waals surface area contributed by atoms with Gasteiger partial charge in [0.05, 0.1) is 0 Å². The topological polar surface area (TPSA) is 0 Å². The maximum Gasteiger partial charge on any atom is 0.166 e. The Bertz CT molecular complexity index is 1440. The number of halogens is 3. The van der Waals surface area contributed by atoms with Crippen molar-refractivity contribution in [2.45, 2.75) is 142 Å². The van der Waals surface area contributed by atoms with E-state index in [0.717, 1.165) is 78.5 Å². The summed E-state index contributed by atoms with van der Waals surface area (Å²) in [5.41, 5.74) is 4.86. The molecule has 1 saturated carbocycles. The highest BCUT2D eigenvalue weighted by Gasteiger charge is 2.29. The zero-order valence-corrected chi connectivity index (χ0v) is 29.8. The fourth-order valence-electron chi connectivity index (χ4n) is 8.41. The van der Waals surface area contributed by atoms with Crippen molar-refractivity contribution in [3.8, 4) is 22.3 Å². The molecule has 0 amide bonds. The molecule has 1 unspecified atom stereocenters. The summed E-state index contributed by atoms with van der Waals surface area (Å²) in [7, 11) is 0. The largest absolute Gasteiger partial charge is 0.206 e. The lowest BCUT2D eigenvalue weighted by molar-refractivity contribution is 0.187. The molecule has 0 heterocycles. The predicted octanol–water partition coefficient (Wildman–Crippen LogP) is 14.7. The highest BCUT2D eigenvalue weighted by Crippen LogP contribution is 2.43. The second kappa shape index (κ2) is 18.8. The van der Waals surface area contributed by atoms with Crippen LogP contribution in [-0.4, -0.2) is 0 Å². The third-order valence-electron chi connectivity index (χ3n) is 11.5. The molecule has 2 aliphatic rings. The van der Waals surface area contributed by atoms with E-state index in [2.05, 4.69) is 19.9 Å². The van der Waals surface area contributed by atoms with Crippen LogP contribution in [0.15, 0.2) is 60.7 Å². The molecule has 0 saturated heterocycles. The summed E-state index contributed by atoms with van der Waals surface area (Å²) in [5.74, 6) is 0.822. The third kappa shape index (κ3) is 9.88. The zero-order valence-electron chi connectivity index (χ0n) is 29.8. The summed E-state index contributed by atoms with van der Waals surface area (Å²) >= 11 is 0. The number of hydrogen-bond donors (Lipinski definition) is 0. The van der Waals surface area contributed by atoms with E-state index in [4.69, 9.17) is 0 Å². The molecule has 0 aliphatic heterocycles. The van der Waals surface area contributed by atoms with Gasteiger partial charge < -0.3 is 0 Å². The minimum atomic E-state index is -0.784. The lowest BCUT2D eigenvalue weighted by Crippen LogP contribution is -2.23. The summed E-state index contributed by atoms with van der Waals surface area (Å²) in [6.07, 6.45) is 26.5. The first-order chi connectivity index (χ1) is 23.5. The van der Waals surface area contributed by atoms with E-state index >= 15 is 8.78 Å². The molecule has 260 valence electrons. The van der Waals surface area contributed by atoms with Crippen molar-refractivity contribution in [3.05, 3.63) is 89.3 Å². The van der Waals surface area contributed by atoms with Crippen molar-refractivity contribution in [2.24, 2.45) is 17.8 Å². The number of allylic oxidation sites excluding steroid dienone is 2. The molecule has 5 rings (SSSR count). The van der Waals surface area contributed by atoms with Gasteiger partial charge in [-0.15, -0.1) is 0 Å². The maximum atomic E-state index is 15.5. The molecule has 1 fully saturated rings. The molecule has 0 bridgehead atoms. The first kappa shape index (κ1) is 36.5. The number of benzene rings is 3. The Kier molecular flexibility index (Phi) is 14.3. The predicted molar refractivity (Wildman–Crippen MR) is 198 cm³/mol. The van der Waals surface area contributed by atoms with Crippen LogP contribution in [0.2, 0.25) is 0 Å². The standard InChI is InChI=1S/C45H59F3/c1-3-5-7-8-9-10-11-13-15-39-28-31-42(45(48)44(39)47)38-26-22-36(23-27-38)40-29-30-41(43(46)32-40)37-24-20-35(21-25-37)34-18-16-33(17-19-34)14-12-6-4-2/h22-24,26-35H,3-21,25H2,1-2H3. The van der Waals surface area contributed by atoms with Crippen LogP contribution in [0, 0.1) is 35.2 Å². The van der Waals surface area contributed by atoms with Gasteiger partial charge in [-0.05, 0) is 96.6 Å². The molecule has 0 N–H and O–H groups in total. The van der Waals surface area contributed by atoms with Crippen LogP contribution in [0.25, 0.3) is 27.8 Å². The molecule has 3 aromatic rings. The van der Waals surface area contributed by atoms with Gasteiger partial charge in [0.2, 0.25) is 0 Å². The molecule has 0 nitrogen and oxygen atoms in total. The fourth-order valence-corrected chi connectivity index (χ4v) is 8.41. The minimum absolute atomic E-state index is 0.186. The highest BCUT2D eigenvalue weighted by molar-refractivity contribution is 5.74. The SMILES string of the molecule is CCCCCCCCCCc1ccc(-c2ccc(-c3ccc(C4=CCC(C5CCC(CCCCC)CC5)CC4)c(F)c3)cc2)c(F)c1F. The molecule has 1 atom stereocenters. The Balaban J connectivity index is 1.13. The Morgan fingerprint density at radius 3 is 1.85 bits per heavy atom. The van der Waals surface area contributed by atoms with E-state index in [1.165, 1.54) is 83.5 Å². The molecule has 0 spiro atoms. The van der Waals surface area contributed by atoms with Gasteiger partial charge in [0, 0.05) is 11.1 Å². The molecule has 0 radical (unpaired) electrons. The number of aryl methyl sites for hydroxylation is 1. The van der Waals surface area contributed by atoms with Gasteiger partial charge >= 0.3 is 0 Å². The monoisotopic (exact) mass is 656 g/mol. The Labute approximate surface area is 289 Å². The van der Waals surface area contributed by atoms with E-state index in [-0.39, 0.29) is 11.4 Å². The van der Waals surface area contributed by atoms with Crippen LogP contribution < -0.4 is 0 Å². The van der Waals surface area contributed by atoms with Gasteiger partial charge in [-0.3, -0.25) is 0 Å². The lowest BCUT2D eigenvalue weighted by atomic mass is 9.70. The van der Waals surface area contributed by atoms with Gasteiger partial charge in [0.1, 0.15) is 5.82 Å². The second-order valence-corrected chi connectivity index (χ2v) is 14.9. The van der Waals surface area contributed by atoms with Crippen molar-refractivity contribution >= 4 is 5.57 Å². The fraction of sp³-hybridized carbons (Fsp3) is 0.556. The molecule has 3 heteroatoms. The smallest absolute Gasteiger partial charge is 0.166 e. The van der Waals surface area contributed by atoms with E-state index in [1.54, 1.807) is 30.3 Å². The van der Waals surface area contributed by atoms with E-state index in [0.29, 0.717) is 17.5 Å². The maximum absolute atomic E-state index is 15.5. The van der Waals surface area contributed by atoms with E-state index in [1.807, 2.05) is 24.3 Å². The van der Waals surface area contributed by atoms with E-state index in [9.17, 15) is 4.39 Å². The van der Waals surface area contributed by atoms with Gasteiger partial charge in [0.15, 0.2) is 11.6 Å². The minimum Gasteiger partial charge on any atom is -0.206 e. The normalized spacial score (nSPS) is 19.8.